The van der Waals surface area contributed by atoms with Gasteiger partial charge in [-0.15, -0.1) is 0 Å². The molecule has 0 radical (unpaired) electrons. The zero-order valence-electron chi connectivity index (χ0n) is 25.0. The second-order valence-electron chi connectivity index (χ2n) is 11.8. The van der Waals surface area contributed by atoms with Crippen molar-refractivity contribution in [2.24, 2.45) is 0 Å². The second-order valence-corrected chi connectivity index (χ2v) is 11.8. The third-order valence-electron chi connectivity index (χ3n) is 8.79. The third-order valence-corrected chi connectivity index (χ3v) is 8.79. The predicted octanol–water partition coefficient (Wildman–Crippen LogP) is 4.49. The summed E-state index contributed by atoms with van der Waals surface area (Å²) >= 11 is 0. The molecule has 6 rings (SSSR count). The number of nitrogens with zero attached hydrogens (tertiary/aromatic N) is 4. The lowest BCUT2D eigenvalue weighted by Crippen LogP contribution is -2.47. The molecule has 3 aliphatic rings. The van der Waals surface area contributed by atoms with Gasteiger partial charge >= 0.3 is 0 Å². The fourth-order valence-corrected chi connectivity index (χ4v) is 5.93. The smallest absolute Gasteiger partial charge is 0.277 e. The third kappa shape index (κ3) is 6.53. The van der Waals surface area contributed by atoms with E-state index in [1.165, 1.54) is 23.1 Å². The first-order chi connectivity index (χ1) is 20.9. The number of rotatable bonds is 10. The summed E-state index contributed by atoms with van der Waals surface area (Å²) in [4.78, 5) is 49.1. The van der Waals surface area contributed by atoms with Gasteiger partial charge in [0, 0.05) is 69.4 Å². The van der Waals surface area contributed by atoms with Gasteiger partial charge in [0.2, 0.25) is 5.91 Å². The Morgan fingerprint density at radius 2 is 1.74 bits per heavy atom. The molecule has 2 saturated heterocycles. The number of likely N-dealkylation sites (tertiary alicyclic amines) is 1. The van der Waals surface area contributed by atoms with E-state index in [1.54, 1.807) is 6.07 Å². The van der Waals surface area contributed by atoms with E-state index in [0.717, 1.165) is 57.7 Å². The van der Waals surface area contributed by atoms with Gasteiger partial charge in [-0.05, 0) is 74.9 Å². The molecule has 0 unspecified atom stereocenters. The highest BCUT2D eigenvalue weighted by Gasteiger charge is 2.30. The fourth-order valence-electron chi connectivity index (χ4n) is 5.93. The van der Waals surface area contributed by atoms with Gasteiger partial charge in [0.15, 0.2) is 11.6 Å². The monoisotopic (exact) mass is 584 g/mol. The number of hydrogen-bond acceptors (Lipinski definition) is 7. The zero-order valence-corrected chi connectivity index (χ0v) is 25.0. The Balaban J connectivity index is 1.16. The van der Waals surface area contributed by atoms with Crippen molar-refractivity contribution in [1.82, 2.24) is 15.2 Å². The van der Waals surface area contributed by atoms with Crippen molar-refractivity contribution in [1.29, 1.82) is 0 Å². The first kappa shape index (κ1) is 28.8. The summed E-state index contributed by atoms with van der Waals surface area (Å²) in [5.74, 6) is 0.525. The van der Waals surface area contributed by atoms with Crippen molar-refractivity contribution < 1.29 is 18.8 Å². The number of aryl methyl sites for hydroxylation is 1. The van der Waals surface area contributed by atoms with E-state index >= 15 is 0 Å². The fraction of sp³-hybridized carbons (Fsp3) is 0.455. The summed E-state index contributed by atoms with van der Waals surface area (Å²) in [6.07, 6.45) is 5.69. The SMILES string of the molecule is Cc1cccc(N2CCN(c3ccc(C(=O)NCCCN4CCCC4=O)cc3NC(=O)c3coc(C4CC4)n3)CC2)c1C. The Morgan fingerprint density at radius 1 is 0.977 bits per heavy atom. The molecule has 3 heterocycles. The molecule has 0 atom stereocenters. The molecule has 10 heteroatoms. The summed E-state index contributed by atoms with van der Waals surface area (Å²) in [6, 6.07) is 11.9. The molecule has 3 amide bonds. The minimum atomic E-state index is -0.362. The van der Waals surface area contributed by atoms with Gasteiger partial charge in [0.05, 0.1) is 11.4 Å². The predicted molar refractivity (Wildman–Crippen MR) is 166 cm³/mol. The molecule has 226 valence electrons. The number of carbonyl (C=O) groups is 3. The quantitative estimate of drug-likeness (QED) is 0.338. The molecule has 2 aliphatic heterocycles. The molecular weight excluding hydrogens is 544 g/mol. The molecule has 3 fully saturated rings. The minimum Gasteiger partial charge on any atom is -0.448 e. The number of oxazole rings is 1. The molecule has 2 N–H and O–H groups in total. The highest BCUT2D eigenvalue weighted by molar-refractivity contribution is 6.06. The average molecular weight is 585 g/mol. The number of benzene rings is 2. The van der Waals surface area contributed by atoms with Crippen molar-refractivity contribution in [2.75, 3.05) is 60.9 Å². The van der Waals surface area contributed by atoms with Crippen LogP contribution in [-0.2, 0) is 4.79 Å². The van der Waals surface area contributed by atoms with Crippen LogP contribution < -0.4 is 20.4 Å². The number of aromatic nitrogens is 1. The summed E-state index contributed by atoms with van der Waals surface area (Å²) in [5, 5.41) is 5.99. The van der Waals surface area contributed by atoms with Gasteiger partial charge in [-0.1, -0.05) is 12.1 Å². The number of anilines is 3. The van der Waals surface area contributed by atoms with Crippen LogP contribution in [0.5, 0.6) is 0 Å². The van der Waals surface area contributed by atoms with E-state index in [0.29, 0.717) is 49.0 Å². The van der Waals surface area contributed by atoms with Gasteiger partial charge in [0.25, 0.3) is 11.8 Å². The van der Waals surface area contributed by atoms with Crippen LogP contribution in [0.1, 0.15) is 75.9 Å². The first-order valence-electron chi connectivity index (χ1n) is 15.4. The summed E-state index contributed by atoms with van der Waals surface area (Å²) in [6.45, 7) is 9.44. The maximum Gasteiger partial charge on any atom is 0.277 e. The van der Waals surface area contributed by atoms with Gasteiger partial charge in [-0.25, -0.2) is 4.98 Å². The molecular formula is C33H40N6O4. The van der Waals surface area contributed by atoms with Crippen LogP contribution in [0.2, 0.25) is 0 Å². The van der Waals surface area contributed by atoms with Crippen LogP contribution in [0, 0.1) is 13.8 Å². The van der Waals surface area contributed by atoms with Gasteiger partial charge in [0.1, 0.15) is 6.26 Å². The Kier molecular flexibility index (Phi) is 8.35. The number of piperazine rings is 1. The highest BCUT2D eigenvalue weighted by atomic mass is 16.3. The molecule has 3 aromatic rings. The molecule has 0 spiro atoms. The van der Waals surface area contributed by atoms with Crippen molar-refractivity contribution >= 4 is 34.8 Å². The molecule has 1 saturated carbocycles. The largest absolute Gasteiger partial charge is 0.448 e. The Labute approximate surface area is 252 Å². The number of carbonyl (C=O) groups excluding carboxylic acids is 3. The average Bonchev–Trinajstić information content (AvgIpc) is 3.60. The van der Waals surface area contributed by atoms with Gasteiger partial charge in [-0.2, -0.15) is 0 Å². The van der Waals surface area contributed by atoms with E-state index in [4.69, 9.17) is 4.42 Å². The lowest BCUT2D eigenvalue weighted by atomic mass is 10.1. The lowest BCUT2D eigenvalue weighted by molar-refractivity contribution is -0.127. The molecule has 43 heavy (non-hydrogen) atoms. The normalized spacial score (nSPS) is 17.0. The molecule has 10 nitrogen and oxygen atoms in total. The molecule has 2 aromatic carbocycles. The topological polar surface area (TPSA) is 111 Å². The van der Waals surface area contributed by atoms with Gasteiger partial charge < -0.3 is 29.8 Å². The number of amides is 3. The van der Waals surface area contributed by atoms with Crippen LogP contribution in [-0.4, -0.2) is 73.4 Å². The number of hydrogen-bond donors (Lipinski definition) is 2. The van der Waals surface area contributed by atoms with Crippen molar-refractivity contribution in [3.05, 3.63) is 70.9 Å². The summed E-state index contributed by atoms with van der Waals surface area (Å²) in [5.41, 5.74) is 5.96. The number of nitrogens with one attached hydrogen (secondary N) is 2. The first-order valence-corrected chi connectivity index (χ1v) is 15.4. The van der Waals surface area contributed by atoms with E-state index in [2.05, 4.69) is 57.5 Å². The van der Waals surface area contributed by atoms with Crippen LogP contribution in [0.4, 0.5) is 17.1 Å². The van der Waals surface area contributed by atoms with Crippen LogP contribution in [0.25, 0.3) is 0 Å². The van der Waals surface area contributed by atoms with E-state index < -0.39 is 0 Å². The van der Waals surface area contributed by atoms with E-state index in [9.17, 15) is 14.4 Å². The maximum absolute atomic E-state index is 13.3. The minimum absolute atomic E-state index is 0.188. The zero-order chi connectivity index (χ0) is 29.9. The summed E-state index contributed by atoms with van der Waals surface area (Å²) in [7, 11) is 0. The Hall–Kier alpha value is -4.34. The molecule has 1 aliphatic carbocycles. The summed E-state index contributed by atoms with van der Waals surface area (Å²) < 4.78 is 5.55. The van der Waals surface area contributed by atoms with E-state index in [-0.39, 0.29) is 23.4 Å². The second kappa shape index (κ2) is 12.5. The molecule has 0 bridgehead atoms. The van der Waals surface area contributed by atoms with Crippen LogP contribution in [0.3, 0.4) is 0 Å². The standard InChI is InChI=1S/C33H40N6O4/c1-22-6-3-7-28(23(22)2)37-16-18-38(19-17-37)29-12-11-25(31(41)34-13-5-15-39-14-4-8-30(39)40)20-26(29)35-32(42)27-21-43-33(36-27)24-9-10-24/h3,6-7,11-12,20-21,24H,4-5,8-10,13-19H2,1-2H3,(H,34,41)(H,35,42). The highest BCUT2D eigenvalue weighted by Crippen LogP contribution is 2.39. The van der Waals surface area contributed by atoms with Crippen LogP contribution in [0.15, 0.2) is 47.1 Å². The Morgan fingerprint density at radius 3 is 2.47 bits per heavy atom. The Bertz CT molecular complexity index is 1500. The van der Waals surface area contributed by atoms with Crippen LogP contribution >= 0.6 is 0 Å². The molecule has 1 aromatic heterocycles. The van der Waals surface area contributed by atoms with E-state index in [1.807, 2.05) is 17.0 Å². The maximum atomic E-state index is 13.3. The lowest BCUT2D eigenvalue weighted by Gasteiger charge is -2.39. The van der Waals surface area contributed by atoms with Crippen molar-refractivity contribution in [3.8, 4) is 0 Å². The van der Waals surface area contributed by atoms with Crippen molar-refractivity contribution in [3.63, 3.8) is 0 Å². The van der Waals surface area contributed by atoms with Crippen molar-refractivity contribution in [2.45, 2.75) is 51.9 Å². The van der Waals surface area contributed by atoms with Gasteiger partial charge in [-0.3, -0.25) is 14.4 Å².